The van der Waals surface area contributed by atoms with Crippen molar-refractivity contribution in [1.29, 1.82) is 0 Å². The molecule has 15 heavy (non-hydrogen) atoms. The minimum Gasteiger partial charge on any atom is -0.459 e. The molecule has 2 atom stereocenters. The van der Waals surface area contributed by atoms with Crippen LogP contribution >= 0.6 is 0 Å². The third-order valence-corrected chi connectivity index (χ3v) is 2.25. The van der Waals surface area contributed by atoms with Crippen LogP contribution in [0.2, 0.25) is 0 Å². The van der Waals surface area contributed by atoms with Crippen molar-refractivity contribution in [3.8, 4) is 0 Å². The van der Waals surface area contributed by atoms with Crippen molar-refractivity contribution in [1.82, 2.24) is 0 Å². The zero-order chi connectivity index (χ0) is 11.5. The van der Waals surface area contributed by atoms with Crippen LogP contribution in [0, 0.1) is 0 Å². The summed E-state index contributed by atoms with van der Waals surface area (Å²) in [6.07, 6.45) is 2.75. The lowest BCUT2D eigenvalue weighted by Crippen LogP contribution is -2.39. The van der Waals surface area contributed by atoms with Gasteiger partial charge in [0.1, 0.15) is 11.6 Å². The van der Waals surface area contributed by atoms with Gasteiger partial charge in [-0.25, -0.2) is 0 Å². The highest BCUT2D eigenvalue weighted by Gasteiger charge is 2.26. The number of nitrogens with two attached hydrogens (primary N) is 1. The van der Waals surface area contributed by atoms with Gasteiger partial charge in [-0.3, -0.25) is 4.79 Å². The maximum absolute atomic E-state index is 11.5. The van der Waals surface area contributed by atoms with Gasteiger partial charge in [-0.05, 0) is 40.0 Å². The number of carbonyl (C=O) groups excluding carboxylic acids is 1. The molecule has 0 spiro atoms. The van der Waals surface area contributed by atoms with Crippen molar-refractivity contribution in [3.63, 3.8) is 0 Å². The lowest BCUT2D eigenvalue weighted by atomic mass is 10.1. The van der Waals surface area contributed by atoms with E-state index in [2.05, 4.69) is 0 Å². The molecule has 1 rings (SSSR count). The van der Waals surface area contributed by atoms with Gasteiger partial charge in [0, 0.05) is 6.61 Å². The van der Waals surface area contributed by atoms with Gasteiger partial charge in [-0.15, -0.1) is 0 Å². The quantitative estimate of drug-likeness (QED) is 0.719. The molecule has 0 bridgehead atoms. The molecule has 4 heteroatoms. The fourth-order valence-corrected chi connectivity index (χ4v) is 1.59. The van der Waals surface area contributed by atoms with Gasteiger partial charge in [0.2, 0.25) is 0 Å². The van der Waals surface area contributed by atoms with E-state index in [-0.39, 0.29) is 12.1 Å². The zero-order valence-corrected chi connectivity index (χ0v) is 9.79. The monoisotopic (exact) mass is 215 g/mol. The molecule has 1 aliphatic heterocycles. The second-order valence-electron chi connectivity index (χ2n) is 5.01. The maximum Gasteiger partial charge on any atom is 0.323 e. The van der Waals surface area contributed by atoms with Gasteiger partial charge in [0.05, 0.1) is 6.10 Å². The molecule has 0 amide bonds. The molecule has 1 heterocycles. The molecular weight excluding hydrogens is 194 g/mol. The molecule has 1 unspecified atom stereocenters. The van der Waals surface area contributed by atoms with Crippen LogP contribution in [0.1, 0.15) is 40.0 Å². The Bertz CT molecular complexity index is 216. The van der Waals surface area contributed by atoms with Crippen LogP contribution in [0.5, 0.6) is 0 Å². The first-order valence-corrected chi connectivity index (χ1v) is 5.48. The smallest absolute Gasteiger partial charge is 0.323 e. The average molecular weight is 215 g/mol. The van der Waals surface area contributed by atoms with Crippen LogP contribution in [-0.4, -0.2) is 30.3 Å². The summed E-state index contributed by atoms with van der Waals surface area (Å²) in [6.45, 7) is 6.29. The number of hydrogen-bond acceptors (Lipinski definition) is 4. The highest BCUT2D eigenvalue weighted by molar-refractivity contribution is 5.75. The van der Waals surface area contributed by atoms with Crippen molar-refractivity contribution in [2.24, 2.45) is 5.73 Å². The van der Waals surface area contributed by atoms with E-state index in [1.807, 2.05) is 20.8 Å². The van der Waals surface area contributed by atoms with E-state index >= 15 is 0 Å². The van der Waals surface area contributed by atoms with Crippen LogP contribution in [0.4, 0.5) is 0 Å². The van der Waals surface area contributed by atoms with Gasteiger partial charge in [-0.2, -0.15) is 0 Å². The van der Waals surface area contributed by atoms with Crippen molar-refractivity contribution in [3.05, 3.63) is 0 Å². The topological polar surface area (TPSA) is 61.5 Å². The predicted molar refractivity (Wildman–Crippen MR) is 57.4 cm³/mol. The summed E-state index contributed by atoms with van der Waals surface area (Å²) in [7, 11) is 0. The molecule has 0 aliphatic carbocycles. The Morgan fingerprint density at radius 2 is 2.27 bits per heavy atom. The minimum atomic E-state index is -0.563. The fraction of sp³-hybridized carbons (Fsp3) is 0.909. The van der Waals surface area contributed by atoms with Gasteiger partial charge in [-0.1, -0.05) is 0 Å². The molecule has 4 nitrogen and oxygen atoms in total. The Balaban J connectivity index is 2.32. The van der Waals surface area contributed by atoms with Crippen molar-refractivity contribution < 1.29 is 14.3 Å². The number of carbonyl (C=O) groups is 1. The van der Waals surface area contributed by atoms with Gasteiger partial charge in [0.25, 0.3) is 0 Å². The first-order chi connectivity index (χ1) is 6.88. The minimum absolute atomic E-state index is 0.132. The summed E-state index contributed by atoms with van der Waals surface area (Å²) in [4.78, 5) is 11.5. The molecular formula is C11H21NO3. The third-order valence-electron chi connectivity index (χ3n) is 2.25. The van der Waals surface area contributed by atoms with E-state index in [4.69, 9.17) is 15.2 Å². The SMILES string of the molecule is CC(C)(C)OC(=O)C(N)C[C@@H]1CCCO1. The Hall–Kier alpha value is -0.610. The second-order valence-corrected chi connectivity index (χ2v) is 5.01. The Morgan fingerprint density at radius 1 is 1.60 bits per heavy atom. The molecule has 0 radical (unpaired) electrons. The summed E-state index contributed by atoms with van der Waals surface area (Å²) < 4.78 is 10.6. The van der Waals surface area contributed by atoms with E-state index in [9.17, 15) is 4.79 Å². The van der Waals surface area contributed by atoms with E-state index in [0.717, 1.165) is 19.4 Å². The summed E-state index contributed by atoms with van der Waals surface area (Å²) in [5.74, 6) is -0.335. The zero-order valence-electron chi connectivity index (χ0n) is 9.79. The maximum atomic E-state index is 11.5. The standard InChI is InChI=1S/C11H21NO3/c1-11(2,3)15-10(13)9(12)7-8-5-4-6-14-8/h8-9H,4-7,12H2,1-3H3/t8-,9?/m0/s1. The van der Waals surface area contributed by atoms with Crippen LogP contribution in [0.25, 0.3) is 0 Å². The first-order valence-electron chi connectivity index (χ1n) is 5.48. The molecule has 1 fully saturated rings. The summed E-state index contributed by atoms with van der Waals surface area (Å²) in [5, 5.41) is 0. The Morgan fingerprint density at radius 3 is 2.73 bits per heavy atom. The third kappa shape index (κ3) is 4.62. The molecule has 2 N–H and O–H groups in total. The van der Waals surface area contributed by atoms with Crippen LogP contribution in [0.3, 0.4) is 0 Å². The molecule has 0 aromatic rings. The van der Waals surface area contributed by atoms with Gasteiger partial charge in [0.15, 0.2) is 0 Å². The fourth-order valence-electron chi connectivity index (χ4n) is 1.59. The highest BCUT2D eigenvalue weighted by Crippen LogP contribution is 2.17. The summed E-state index contributed by atoms with van der Waals surface area (Å²) in [5.41, 5.74) is 5.28. The second kappa shape index (κ2) is 4.94. The van der Waals surface area contributed by atoms with Crippen LogP contribution in [0.15, 0.2) is 0 Å². The molecule has 0 aromatic heterocycles. The van der Waals surface area contributed by atoms with Gasteiger partial charge < -0.3 is 15.2 Å². The molecule has 88 valence electrons. The summed E-state index contributed by atoms with van der Waals surface area (Å²) in [6, 6.07) is -0.563. The highest BCUT2D eigenvalue weighted by atomic mass is 16.6. The predicted octanol–water partition coefficient (Wildman–Crippen LogP) is 1.22. The number of rotatable bonds is 3. The molecule has 1 aliphatic rings. The van der Waals surface area contributed by atoms with Crippen molar-refractivity contribution in [2.75, 3.05) is 6.61 Å². The molecule has 1 saturated heterocycles. The van der Waals surface area contributed by atoms with E-state index in [1.165, 1.54) is 0 Å². The Labute approximate surface area is 91.1 Å². The van der Waals surface area contributed by atoms with Crippen LogP contribution in [-0.2, 0) is 14.3 Å². The van der Waals surface area contributed by atoms with Gasteiger partial charge >= 0.3 is 5.97 Å². The molecule has 0 aromatic carbocycles. The summed E-state index contributed by atoms with van der Waals surface area (Å²) >= 11 is 0. The van der Waals surface area contributed by atoms with E-state index in [0.29, 0.717) is 6.42 Å². The average Bonchev–Trinajstić information content (AvgIpc) is 2.53. The van der Waals surface area contributed by atoms with Crippen molar-refractivity contribution >= 4 is 5.97 Å². The number of esters is 1. The lowest BCUT2D eigenvalue weighted by Gasteiger charge is -2.23. The van der Waals surface area contributed by atoms with E-state index < -0.39 is 11.6 Å². The Kier molecular flexibility index (Phi) is 4.11. The lowest BCUT2D eigenvalue weighted by molar-refractivity contribution is -0.157. The van der Waals surface area contributed by atoms with E-state index in [1.54, 1.807) is 0 Å². The molecule has 0 saturated carbocycles. The van der Waals surface area contributed by atoms with Crippen molar-refractivity contribution in [2.45, 2.75) is 57.8 Å². The first kappa shape index (κ1) is 12.5. The number of ether oxygens (including phenoxy) is 2. The largest absolute Gasteiger partial charge is 0.459 e. The normalized spacial score (nSPS) is 23.9. The van der Waals surface area contributed by atoms with Crippen LogP contribution < -0.4 is 5.73 Å². The number of hydrogen-bond donors (Lipinski definition) is 1.